The zero-order valence-corrected chi connectivity index (χ0v) is 11.9. The maximum absolute atomic E-state index is 11.6. The molecule has 0 aromatic rings. The van der Waals surface area contributed by atoms with Crippen molar-refractivity contribution in [3.8, 4) is 0 Å². The van der Waals surface area contributed by atoms with Crippen LogP contribution in [0.2, 0.25) is 0 Å². The van der Waals surface area contributed by atoms with Gasteiger partial charge in [0.2, 0.25) is 11.8 Å². The van der Waals surface area contributed by atoms with Crippen LogP contribution in [-0.4, -0.2) is 36.5 Å². The number of nitrogens with one attached hydrogen (secondary N) is 2. The molecule has 2 atom stereocenters. The number of hydrogen-bond donors (Lipinski definition) is 2. The Balaban J connectivity index is 4.79. The first-order chi connectivity index (χ1) is 8.77. The third-order valence-electron chi connectivity index (χ3n) is 2.44. The second-order valence-electron chi connectivity index (χ2n) is 4.38. The van der Waals surface area contributed by atoms with E-state index in [4.69, 9.17) is 4.74 Å². The zero-order valence-electron chi connectivity index (χ0n) is 11.9. The molecular formula is C13H22N2O4. The highest BCUT2D eigenvalue weighted by molar-refractivity contribution is 5.87. The number of ether oxygens (including phenoxy) is 1. The first kappa shape index (κ1) is 17.2. The van der Waals surface area contributed by atoms with E-state index in [1.165, 1.54) is 20.8 Å². The Morgan fingerprint density at radius 2 is 1.74 bits per heavy atom. The van der Waals surface area contributed by atoms with Crippen molar-refractivity contribution in [2.75, 3.05) is 6.54 Å². The summed E-state index contributed by atoms with van der Waals surface area (Å²) in [5.74, 6) is -0.987. The van der Waals surface area contributed by atoms with Gasteiger partial charge in [0.25, 0.3) is 0 Å². The van der Waals surface area contributed by atoms with Crippen LogP contribution in [0.4, 0.5) is 0 Å². The van der Waals surface area contributed by atoms with Crippen molar-refractivity contribution in [1.29, 1.82) is 0 Å². The lowest BCUT2D eigenvalue weighted by Gasteiger charge is -2.27. The highest BCUT2D eigenvalue weighted by Crippen LogP contribution is 2.07. The molecule has 0 fully saturated rings. The van der Waals surface area contributed by atoms with E-state index in [0.717, 1.165) is 0 Å². The molecule has 6 nitrogen and oxygen atoms in total. The number of rotatable bonds is 7. The Bertz CT molecular complexity index is 366. The summed E-state index contributed by atoms with van der Waals surface area (Å²) in [6.45, 7) is 9.80. The van der Waals surface area contributed by atoms with E-state index < -0.39 is 12.1 Å². The van der Waals surface area contributed by atoms with Crippen LogP contribution in [0.25, 0.3) is 0 Å². The molecule has 0 spiro atoms. The van der Waals surface area contributed by atoms with E-state index in [0.29, 0.717) is 6.42 Å². The number of esters is 1. The van der Waals surface area contributed by atoms with Crippen LogP contribution in [0, 0.1) is 0 Å². The van der Waals surface area contributed by atoms with Crippen molar-refractivity contribution >= 4 is 17.8 Å². The molecule has 0 saturated heterocycles. The molecule has 0 radical (unpaired) electrons. The van der Waals surface area contributed by atoms with Gasteiger partial charge in [-0.2, -0.15) is 0 Å². The zero-order chi connectivity index (χ0) is 15.0. The summed E-state index contributed by atoms with van der Waals surface area (Å²) in [7, 11) is 0. The molecule has 0 aliphatic rings. The van der Waals surface area contributed by atoms with Gasteiger partial charge in [-0.15, -0.1) is 0 Å². The summed E-state index contributed by atoms with van der Waals surface area (Å²) < 4.78 is 5.25. The van der Waals surface area contributed by atoms with Crippen molar-refractivity contribution in [2.45, 2.75) is 46.3 Å². The van der Waals surface area contributed by atoms with Crippen molar-refractivity contribution < 1.29 is 19.1 Å². The number of carbonyl (C=O) groups excluding carboxylic acids is 3. The molecule has 0 aliphatic carbocycles. The van der Waals surface area contributed by atoms with E-state index in [-0.39, 0.29) is 30.0 Å². The van der Waals surface area contributed by atoms with E-state index in [9.17, 15) is 14.4 Å². The van der Waals surface area contributed by atoms with Crippen LogP contribution < -0.4 is 10.6 Å². The Kier molecular flexibility index (Phi) is 7.48. The SMILES string of the molecule is C=C(C)C(=O)OC(CNC(C)=O)C(CC)NC(C)=O. The highest BCUT2D eigenvalue weighted by Gasteiger charge is 2.25. The molecular weight excluding hydrogens is 248 g/mol. The average molecular weight is 270 g/mol. The van der Waals surface area contributed by atoms with Gasteiger partial charge in [-0.1, -0.05) is 13.5 Å². The second kappa shape index (κ2) is 8.29. The summed E-state index contributed by atoms with van der Waals surface area (Å²) >= 11 is 0. The first-order valence-corrected chi connectivity index (χ1v) is 6.15. The molecule has 2 amide bonds. The number of amides is 2. The van der Waals surface area contributed by atoms with Gasteiger partial charge in [0.05, 0.1) is 12.6 Å². The van der Waals surface area contributed by atoms with Gasteiger partial charge in [0.1, 0.15) is 6.10 Å². The van der Waals surface area contributed by atoms with Crippen molar-refractivity contribution in [2.24, 2.45) is 0 Å². The van der Waals surface area contributed by atoms with Gasteiger partial charge < -0.3 is 15.4 Å². The van der Waals surface area contributed by atoms with Crippen LogP contribution in [0.3, 0.4) is 0 Å². The summed E-state index contributed by atoms with van der Waals surface area (Å²) in [5, 5.41) is 5.28. The maximum Gasteiger partial charge on any atom is 0.333 e. The fourth-order valence-corrected chi connectivity index (χ4v) is 1.47. The fourth-order valence-electron chi connectivity index (χ4n) is 1.47. The van der Waals surface area contributed by atoms with E-state index in [2.05, 4.69) is 17.2 Å². The van der Waals surface area contributed by atoms with E-state index in [1.54, 1.807) is 0 Å². The summed E-state index contributed by atoms with van der Waals surface area (Å²) in [4.78, 5) is 33.6. The monoisotopic (exact) mass is 270 g/mol. The van der Waals surface area contributed by atoms with Gasteiger partial charge in [0.15, 0.2) is 0 Å². The number of hydrogen-bond acceptors (Lipinski definition) is 4. The number of carbonyl (C=O) groups is 3. The topological polar surface area (TPSA) is 84.5 Å². The third-order valence-corrected chi connectivity index (χ3v) is 2.44. The molecule has 0 aromatic heterocycles. The molecule has 0 aliphatic heterocycles. The molecule has 0 heterocycles. The van der Waals surface area contributed by atoms with Gasteiger partial charge in [-0.05, 0) is 13.3 Å². The quantitative estimate of drug-likeness (QED) is 0.522. The lowest BCUT2D eigenvalue weighted by atomic mass is 10.1. The largest absolute Gasteiger partial charge is 0.455 e. The first-order valence-electron chi connectivity index (χ1n) is 6.15. The molecule has 0 aromatic carbocycles. The molecule has 0 saturated carbocycles. The van der Waals surface area contributed by atoms with Crippen LogP contribution in [0.5, 0.6) is 0 Å². The van der Waals surface area contributed by atoms with Gasteiger partial charge in [0, 0.05) is 19.4 Å². The molecule has 2 unspecified atom stereocenters. The second-order valence-corrected chi connectivity index (χ2v) is 4.38. The molecule has 2 N–H and O–H groups in total. The van der Waals surface area contributed by atoms with Crippen LogP contribution in [0.15, 0.2) is 12.2 Å². The lowest BCUT2D eigenvalue weighted by molar-refractivity contribution is -0.147. The summed E-state index contributed by atoms with van der Waals surface area (Å²) in [6.07, 6.45) is -0.0465. The van der Waals surface area contributed by atoms with E-state index in [1.807, 2.05) is 6.92 Å². The normalized spacial score (nSPS) is 13.1. The predicted molar refractivity (Wildman–Crippen MR) is 71.3 cm³/mol. The maximum atomic E-state index is 11.6. The Morgan fingerprint density at radius 3 is 2.11 bits per heavy atom. The van der Waals surface area contributed by atoms with Crippen LogP contribution in [-0.2, 0) is 19.1 Å². The van der Waals surface area contributed by atoms with Crippen molar-refractivity contribution in [3.05, 3.63) is 12.2 Å². The van der Waals surface area contributed by atoms with E-state index >= 15 is 0 Å². The summed E-state index contributed by atoms with van der Waals surface area (Å²) in [6, 6.07) is -0.354. The Labute approximate surface area is 113 Å². The Hall–Kier alpha value is -1.85. The highest BCUT2D eigenvalue weighted by atomic mass is 16.5. The molecule has 6 heteroatoms. The van der Waals surface area contributed by atoms with Gasteiger partial charge in [-0.3, -0.25) is 9.59 Å². The lowest BCUT2D eigenvalue weighted by Crippen LogP contribution is -2.49. The van der Waals surface area contributed by atoms with Gasteiger partial charge >= 0.3 is 5.97 Å². The Morgan fingerprint density at radius 1 is 1.16 bits per heavy atom. The van der Waals surface area contributed by atoms with Crippen molar-refractivity contribution in [1.82, 2.24) is 10.6 Å². The average Bonchev–Trinajstić information content (AvgIpc) is 2.30. The molecule has 0 rings (SSSR count). The minimum Gasteiger partial charge on any atom is -0.455 e. The molecule has 108 valence electrons. The van der Waals surface area contributed by atoms with Crippen molar-refractivity contribution in [3.63, 3.8) is 0 Å². The predicted octanol–water partition coefficient (Wildman–Crippen LogP) is 0.525. The standard InChI is InChI=1S/C13H22N2O4/c1-6-11(15-10(5)17)12(7-14-9(4)16)19-13(18)8(2)3/h11-12H,2,6-7H2,1,3-5H3,(H,14,16)(H,15,17). The smallest absolute Gasteiger partial charge is 0.333 e. The van der Waals surface area contributed by atoms with Crippen LogP contribution in [0.1, 0.15) is 34.1 Å². The molecule has 19 heavy (non-hydrogen) atoms. The van der Waals surface area contributed by atoms with Gasteiger partial charge in [-0.25, -0.2) is 4.79 Å². The minimum absolute atomic E-state index is 0.146. The minimum atomic E-state index is -0.623. The summed E-state index contributed by atoms with van der Waals surface area (Å²) in [5.41, 5.74) is 0.269. The third kappa shape index (κ3) is 7.23. The fraction of sp³-hybridized carbons (Fsp3) is 0.615. The van der Waals surface area contributed by atoms with Crippen LogP contribution >= 0.6 is 0 Å². The molecule has 0 bridgehead atoms.